The van der Waals surface area contributed by atoms with E-state index in [0.717, 1.165) is 85.9 Å². The molecule has 2 N–H and O–H groups in total. The highest BCUT2D eigenvalue weighted by Crippen LogP contribution is 2.26. The molecule has 0 spiro atoms. The van der Waals surface area contributed by atoms with Crippen molar-refractivity contribution in [3.05, 3.63) is 89.5 Å². The van der Waals surface area contributed by atoms with Gasteiger partial charge in [0, 0.05) is 43.7 Å². The molecule has 5 rings (SSSR count). The fraction of sp³-hybridized carbons (Fsp3) is 0.400. The lowest BCUT2D eigenvalue weighted by molar-refractivity contribution is -0.121. The van der Waals surface area contributed by atoms with Gasteiger partial charge in [0.25, 0.3) is 0 Å². The lowest BCUT2D eigenvalue weighted by atomic mass is 9.95. The largest absolute Gasteiger partial charge is 0.365 e. The van der Waals surface area contributed by atoms with Crippen molar-refractivity contribution < 1.29 is 4.79 Å². The summed E-state index contributed by atoms with van der Waals surface area (Å²) in [5.74, 6) is 1.73. The Hall–Kier alpha value is -4.01. The van der Waals surface area contributed by atoms with E-state index in [2.05, 4.69) is 108 Å². The number of aryl methyl sites for hydroxylation is 1. The first-order chi connectivity index (χ1) is 20.8. The minimum absolute atomic E-state index is 0.0539. The lowest BCUT2D eigenvalue weighted by Crippen LogP contribution is -2.37. The highest BCUT2D eigenvalue weighted by Gasteiger charge is 2.25. The van der Waals surface area contributed by atoms with E-state index in [1.807, 2.05) is 18.2 Å². The molecule has 226 valence electrons. The van der Waals surface area contributed by atoms with Gasteiger partial charge in [-0.1, -0.05) is 48.5 Å². The van der Waals surface area contributed by atoms with E-state index in [9.17, 15) is 4.79 Å². The Kier molecular flexibility index (Phi) is 10.2. The summed E-state index contributed by atoms with van der Waals surface area (Å²) in [4.78, 5) is 29.5. The van der Waals surface area contributed by atoms with Crippen molar-refractivity contribution in [2.24, 2.45) is 5.92 Å². The number of carbonyl (C=O) groups is 1. The summed E-state index contributed by atoms with van der Waals surface area (Å²) in [6, 6.07) is 25.0. The van der Waals surface area contributed by atoms with Crippen LogP contribution in [-0.4, -0.2) is 73.0 Å². The average Bonchev–Trinajstić information content (AvgIpc) is 3.01. The maximum atomic E-state index is 13.0. The van der Waals surface area contributed by atoms with Crippen LogP contribution in [0.25, 0.3) is 10.9 Å². The van der Waals surface area contributed by atoms with E-state index in [4.69, 9.17) is 9.97 Å². The molecule has 0 radical (unpaired) electrons. The fourth-order valence-corrected chi connectivity index (χ4v) is 5.59. The molecule has 2 heterocycles. The molecule has 8 heteroatoms. The third-order valence-corrected chi connectivity index (χ3v) is 8.17. The van der Waals surface area contributed by atoms with Gasteiger partial charge >= 0.3 is 0 Å². The van der Waals surface area contributed by atoms with Gasteiger partial charge < -0.3 is 20.4 Å². The first-order valence-electron chi connectivity index (χ1n) is 15.4. The second-order valence-electron chi connectivity index (χ2n) is 12.0. The van der Waals surface area contributed by atoms with E-state index < -0.39 is 0 Å². The smallest absolute Gasteiger partial charge is 0.227 e. The van der Waals surface area contributed by atoms with Crippen molar-refractivity contribution >= 4 is 34.3 Å². The number of piperidine rings is 1. The van der Waals surface area contributed by atoms with Crippen molar-refractivity contribution in [1.29, 1.82) is 0 Å². The van der Waals surface area contributed by atoms with Crippen LogP contribution in [0, 0.1) is 12.8 Å². The molecule has 1 saturated heterocycles. The Morgan fingerprint density at radius 2 is 1.65 bits per heavy atom. The average molecular weight is 580 g/mol. The van der Waals surface area contributed by atoms with Gasteiger partial charge in [0.15, 0.2) is 0 Å². The molecular weight excluding hydrogens is 534 g/mol. The Morgan fingerprint density at radius 3 is 2.37 bits per heavy atom. The molecule has 0 aliphatic carbocycles. The molecule has 43 heavy (non-hydrogen) atoms. The standard InChI is InChI=1S/C35H45N7O/c1-26-11-16-31-32(23-26)38-35(41(4)20-8-19-40(2)3)39-33(31)36-24-27-12-14-30(15-13-27)37-34(43)29-17-21-42(22-18-29)25-28-9-6-5-7-10-28/h5-7,9-16,23,29H,8,17-22,24-25H2,1-4H3,(H,37,43)(H,36,38,39). The monoisotopic (exact) mass is 579 g/mol. The van der Waals surface area contributed by atoms with E-state index in [1.165, 1.54) is 11.1 Å². The zero-order chi connectivity index (χ0) is 30.2. The maximum Gasteiger partial charge on any atom is 0.227 e. The van der Waals surface area contributed by atoms with Gasteiger partial charge in [-0.05, 0) is 101 Å². The molecule has 0 unspecified atom stereocenters. The number of rotatable bonds is 12. The minimum atomic E-state index is 0.0539. The number of nitrogens with zero attached hydrogens (tertiary/aromatic N) is 5. The highest BCUT2D eigenvalue weighted by molar-refractivity contribution is 5.93. The Balaban J connectivity index is 1.16. The normalized spacial score (nSPS) is 14.3. The Labute approximate surface area is 256 Å². The van der Waals surface area contributed by atoms with Crippen LogP contribution in [0.15, 0.2) is 72.8 Å². The lowest BCUT2D eigenvalue weighted by Gasteiger charge is -2.31. The fourth-order valence-electron chi connectivity index (χ4n) is 5.59. The van der Waals surface area contributed by atoms with Gasteiger partial charge in [-0.2, -0.15) is 4.98 Å². The van der Waals surface area contributed by atoms with Gasteiger partial charge in [0.05, 0.1) is 5.52 Å². The second-order valence-corrected chi connectivity index (χ2v) is 12.0. The third kappa shape index (κ3) is 8.52. The second kappa shape index (κ2) is 14.4. The predicted molar refractivity (Wildman–Crippen MR) is 178 cm³/mol. The zero-order valence-corrected chi connectivity index (χ0v) is 26.0. The molecule has 1 aromatic heterocycles. The first-order valence-corrected chi connectivity index (χ1v) is 15.4. The SMILES string of the molecule is Cc1ccc2c(NCc3ccc(NC(=O)C4CCN(Cc5ccccc5)CC4)cc3)nc(N(C)CCCN(C)C)nc2c1. The van der Waals surface area contributed by atoms with Crippen molar-refractivity contribution in [2.45, 2.75) is 39.3 Å². The van der Waals surface area contributed by atoms with Crippen LogP contribution in [0.3, 0.4) is 0 Å². The maximum absolute atomic E-state index is 13.0. The molecular formula is C35H45N7O. The van der Waals surface area contributed by atoms with Crippen molar-refractivity contribution in [2.75, 3.05) is 62.9 Å². The quantitative estimate of drug-likeness (QED) is 0.220. The van der Waals surface area contributed by atoms with Crippen LogP contribution in [-0.2, 0) is 17.9 Å². The molecule has 3 aromatic carbocycles. The summed E-state index contributed by atoms with van der Waals surface area (Å²) in [6.45, 7) is 7.46. The molecule has 1 fully saturated rings. The summed E-state index contributed by atoms with van der Waals surface area (Å²) in [5, 5.41) is 7.70. The molecule has 0 saturated carbocycles. The van der Waals surface area contributed by atoms with Crippen LogP contribution in [0.4, 0.5) is 17.5 Å². The molecule has 0 atom stereocenters. The Bertz CT molecular complexity index is 1480. The van der Waals surface area contributed by atoms with E-state index in [-0.39, 0.29) is 11.8 Å². The van der Waals surface area contributed by atoms with Gasteiger partial charge in [0.1, 0.15) is 5.82 Å². The van der Waals surface area contributed by atoms with Crippen LogP contribution in [0.5, 0.6) is 0 Å². The van der Waals surface area contributed by atoms with Crippen molar-refractivity contribution in [3.8, 4) is 0 Å². The summed E-state index contributed by atoms with van der Waals surface area (Å²) in [6.07, 6.45) is 2.82. The summed E-state index contributed by atoms with van der Waals surface area (Å²) < 4.78 is 0. The summed E-state index contributed by atoms with van der Waals surface area (Å²) >= 11 is 0. The number of hydrogen-bond donors (Lipinski definition) is 2. The number of carbonyl (C=O) groups excluding carboxylic acids is 1. The van der Waals surface area contributed by atoms with Gasteiger partial charge in [0.2, 0.25) is 11.9 Å². The van der Waals surface area contributed by atoms with E-state index in [1.54, 1.807) is 0 Å². The predicted octanol–water partition coefficient (Wildman–Crippen LogP) is 5.79. The van der Waals surface area contributed by atoms with Gasteiger partial charge in [-0.25, -0.2) is 4.98 Å². The van der Waals surface area contributed by atoms with Gasteiger partial charge in [-0.3, -0.25) is 9.69 Å². The van der Waals surface area contributed by atoms with Gasteiger partial charge in [-0.15, -0.1) is 0 Å². The molecule has 4 aromatic rings. The number of fused-ring (bicyclic) bond motifs is 1. The zero-order valence-electron chi connectivity index (χ0n) is 26.0. The van der Waals surface area contributed by atoms with Crippen LogP contribution in [0.2, 0.25) is 0 Å². The minimum Gasteiger partial charge on any atom is -0.365 e. The Morgan fingerprint density at radius 1 is 0.907 bits per heavy atom. The number of benzene rings is 3. The summed E-state index contributed by atoms with van der Waals surface area (Å²) in [5.41, 5.74) is 5.40. The van der Waals surface area contributed by atoms with E-state index >= 15 is 0 Å². The number of nitrogens with one attached hydrogen (secondary N) is 2. The topological polar surface area (TPSA) is 76.6 Å². The molecule has 0 bridgehead atoms. The summed E-state index contributed by atoms with van der Waals surface area (Å²) in [7, 11) is 6.24. The molecule has 1 aliphatic heterocycles. The van der Waals surface area contributed by atoms with Crippen LogP contribution >= 0.6 is 0 Å². The van der Waals surface area contributed by atoms with E-state index in [0.29, 0.717) is 6.54 Å². The third-order valence-electron chi connectivity index (χ3n) is 8.17. The molecule has 1 amide bonds. The molecule has 8 nitrogen and oxygen atoms in total. The van der Waals surface area contributed by atoms with Crippen LogP contribution in [0.1, 0.15) is 36.0 Å². The first kappa shape index (κ1) is 30.4. The number of likely N-dealkylation sites (tertiary alicyclic amines) is 1. The number of aromatic nitrogens is 2. The van der Waals surface area contributed by atoms with Crippen molar-refractivity contribution in [3.63, 3.8) is 0 Å². The number of hydrogen-bond acceptors (Lipinski definition) is 7. The number of amides is 1. The van der Waals surface area contributed by atoms with Crippen LogP contribution < -0.4 is 15.5 Å². The van der Waals surface area contributed by atoms with Crippen molar-refractivity contribution in [1.82, 2.24) is 19.8 Å². The highest BCUT2D eigenvalue weighted by atomic mass is 16.1. The number of anilines is 3. The molecule has 1 aliphatic rings.